The Labute approximate surface area is 188 Å². The summed E-state index contributed by atoms with van der Waals surface area (Å²) in [7, 11) is 0. The molecule has 5 nitrogen and oxygen atoms in total. The normalized spacial score (nSPS) is 19.3. The fourth-order valence-electron chi connectivity index (χ4n) is 3.37. The van der Waals surface area contributed by atoms with E-state index in [0.717, 1.165) is 24.1 Å². The zero-order valence-corrected chi connectivity index (χ0v) is 19.3. The summed E-state index contributed by atoms with van der Waals surface area (Å²) in [6.07, 6.45) is 11.7. The van der Waals surface area contributed by atoms with Crippen molar-refractivity contribution in [2.24, 2.45) is 0 Å². The number of hydrogen-bond acceptors (Lipinski definition) is 4. The van der Waals surface area contributed by atoms with E-state index >= 15 is 0 Å². The number of carbonyl (C=O) groups is 2. The van der Waals surface area contributed by atoms with Crippen molar-refractivity contribution >= 4 is 35.4 Å². The number of benzene rings is 1. The van der Waals surface area contributed by atoms with Crippen molar-refractivity contribution < 1.29 is 18.9 Å². The topological polar surface area (TPSA) is 58.4 Å². The van der Waals surface area contributed by atoms with Gasteiger partial charge in [0.1, 0.15) is 10.2 Å². The highest BCUT2D eigenvalue weighted by Gasteiger charge is 2.39. The van der Waals surface area contributed by atoms with E-state index in [0.29, 0.717) is 18.1 Å². The largest absolute Gasteiger partial charge is 0.426 e. The number of rotatable bonds is 9. The first-order valence-electron chi connectivity index (χ1n) is 10.9. The van der Waals surface area contributed by atoms with Gasteiger partial charge in [0.2, 0.25) is 12.3 Å². The van der Waals surface area contributed by atoms with Gasteiger partial charge in [-0.2, -0.15) is 0 Å². The summed E-state index contributed by atoms with van der Waals surface area (Å²) in [5.74, 6) is -0.292. The van der Waals surface area contributed by atoms with Crippen LogP contribution in [-0.2, 0) is 20.7 Å². The Morgan fingerprint density at radius 2 is 2.03 bits per heavy atom. The van der Waals surface area contributed by atoms with Gasteiger partial charge < -0.3 is 10.1 Å². The molecule has 0 saturated carbocycles. The number of allylic oxidation sites excluding steroid dienone is 3. The average Bonchev–Trinajstić information content (AvgIpc) is 2.76. The predicted molar refractivity (Wildman–Crippen MR) is 127 cm³/mol. The maximum absolute atomic E-state index is 13.3. The third-order valence-electron chi connectivity index (χ3n) is 5.06. The first-order chi connectivity index (χ1) is 15.0. The fourth-order valence-corrected chi connectivity index (χ4v) is 4.56. The SMILES string of the molecule is CCc1ccc(/C=C2/SC3C=CC=CC3=[N+](CC(=O)NCCCOC(C)C)C2=O)cc1. The lowest BCUT2D eigenvalue weighted by atomic mass is 10.1. The molecule has 1 N–H and O–H groups in total. The maximum Gasteiger partial charge on any atom is 0.426 e. The van der Waals surface area contributed by atoms with Gasteiger partial charge >= 0.3 is 5.91 Å². The number of fused-ring (bicyclic) bond motifs is 1. The summed E-state index contributed by atoms with van der Waals surface area (Å²) in [6.45, 7) is 7.25. The van der Waals surface area contributed by atoms with Crippen molar-refractivity contribution in [2.75, 3.05) is 19.7 Å². The minimum absolute atomic E-state index is 0.0144. The zero-order valence-electron chi connectivity index (χ0n) is 18.5. The summed E-state index contributed by atoms with van der Waals surface area (Å²) in [6, 6.07) is 8.23. The van der Waals surface area contributed by atoms with Gasteiger partial charge in [0.05, 0.1) is 6.10 Å². The molecule has 1 aliphatic heterocycles. The van der Waals surface area contributed by atoms with Crippen LogP contribution >= 0.6 is 11.8 Å². The van der Waals surface area contributed by atoms with E-state index in [-0.39, 0.29) is 29.7 Å². The number of carbonyl (C=O) groups excluding carboxylic acids is 2. The molecule has 1 atom stereocenters. The van der Waals surface area contributed by atoms with Gasteiger partial charge in [-0.3, -0.25) is 4.79 Å². The number of aryl methyl sites for hydroxylation is 1. The predicted octanol–water partition coefficient (Wildman–Crippen LogP) is 3.74. The smallest absolute Gasteiger partial charge is 0.379 e. The lowest BCUT2D eigenvalue weighted by Gasteiger charge is -2.20. The Bertz CT molecular complexity index is 927. The molecule has 2 aliphatic rings. The highest BCUT2D eigenvalue weighted by Crippen LogP contribution is 2.32. The highest BCUT2D eigenvalue weighted by atomic mass is 32.2. The summed E-state index contributed by atoms with van der Waals surface area (Å²) in [4.78, 5) is 26.4. The van der Waals surface area contributed by atoms with E-state index in [1.807, 2.05) is 50.3 Å². The van der Waals surface area contributed by atoms with E-state index in [4.69, 9.17) is 4.74 Å². The van der Waals surface area contributed by atoms with Gasteiger partial charge in [-0.15, -0.1) is 4.58 Å². The van der Waals surface area contributed by atoms with Crippen LogP contribution in [-0.4, -0.2) is 53.2 Å². The summed E-state index contributed by atoms with van der Waals surface area (Å²) < 4.78 is 7.10. The Balaban J connectivity index is 1.72. The molecule has 0 saturated heterocycles. The Kier molecular flexibility index (Phi) is 8.43. The number of amides is 2. The molecule has 1 aliphatic carbocycles. The van der Waals surface area contributed by atoms with Crippen molar-refractivity contribution in [3.8, 4) is 0 Å². The molecular weight excluding hydrogens is 408 g/mol. The molecular formula is C25H31N2O3S+. The summed E-state index contributed by atoms with van der Waals surface area (Å²) >= 11 is 1.53. The van der Waals surface area contributed by atoms with Crippen molar-refractivity contribution in [2.45, 2.75) is 45.0 Å². The first-order valence-corrected chi connectivity index (χ1v) is 11.7. The second-order valence-electron chi connectivity index (χ2n) is 7.83. The van der Waals surface area contributed by atoms with Crippen molar-refractivity contribution in [3.63, 3.8) is 0 Å². The van der Waals surface area contributed by atoms with E-state index in [1.54, 1.807) is 4.58 Å². The minimum atomic E-state index is -0.161. The van der Waals surface area contributed by atoms with E-state index < -0.39 is 0 Å². The lowest BCUT2D eigenvalue weighted by Crippen LogP contribution is -2.43. The third kappa shape index (κ3) is 6.52. The lowest BCUT2D eigenvalue weighted by molar-refractivity contribution is -0.434. The van der Waals surface area contributed by atoms with Gasteiger partial charge in [-0.25, -0.2) is 4.79 Å². The quantitative estimate of drug-likeness (QED) is 0.362. The van der Waals surface area contributed by atoms with Gasteiger partial charge in [-0.1, -0.05) is 61.2 Å². The molecule has 0 bridgehead atoms. The molecule has 0 spiro atoms. The van der Waals surface area contributed by atoms with Crippen LogP contribution in [0.3, 0.4) is 0 Å². The molecule has 0 fully saturated rings. The third-order valence-corrected chi connectivity index (χ3v) is 6.26. The van der Waals surface area contributed by atoms with Gasteiger partial charge in [-0.05, 0) is 43.9 Å². The minimum Gasteiger partial charge on any atom is -0.379 e. The Morgan fingerprint density at radius 1 is 1.26 bits per heavy atom. The molecule has 1 unspecified atom stereocenters. The standard InChI is InChI=1S/C25H30N2O3S/c1-4-19-10-12-20(13-11-19)16-23-25(29)27(21-8-5-6-9-22(21)31-23)17-24(28)26-14-7-15-30-18(2)3/h5-6,8-13,16,18,22H,4,7,14-15,17H2,1-3H3/p+1/b23-16+. The zero-order chi connectivity index (χ0) is 22.2. The average molecular weight is 440 g/mol. The number of nitrogens with one attached hydrogen (secondary N) is 1. The van der Waals surface area contributed by atoms with E-state index in [2.05, 4.69) is 30.4 Å². The molecule has 0 radical (unpaired) electrons. The van der Waals surface area contributed by atoms with Crippen LogP contribution in [0.2, 0.25) is 0 Å². The molecule has 1 aromatic rings. The maximum atomic E-state index is 13.3. The molecule has 0 aromatic heterocycles. The van der Waals surface area contributed by atoms with Gasteiger partial charge in [0.25, 0.3) is 5.91 Å². The Morgan fingerprint density at radius 3 is 2.74 bits per heavy atom. The highest BCUT2D eigenvalue weighted by molar-refractivity contribution is 8.05. The van der Waals surface area contributed by atoms with Crippen LogP contribution in [0.25, 0.3) is 6.08 Å². The van der Waals surface area contributed by atoms with Crippen LogP contribution in [0.4, 0.5) is 0 Å². The van der Waals surface area contributed by atoms with Crippen LogP contribution < -0.4 is 5.32 Å². The number of thioether (sulfide) groups is 1. The molecule has 164 valence electrons. The fraction of sp³-hybridized carbons (Fsp3) is 0.400. The molecule has 3 rings (SSSR count). The van der Waals surface area contributed by atoms with Crippen LogP contribution in [0.5, 0.6) is 0 Å². The molecule has 31 heavy (non-hydrogen) atoms. The van der Waals surface area contributed by atoms with Crippen molar-refractivity contribution in [1.29, 1.82) is 0 Å². The Hall–Kier alpha value is -2.44. The molecule has 1 aromatic carbocycles. The summed E-state index contributed by atoms with van der Waals surface area (Å²) in [5, 5.41) is 2.93. The van der Waals surface area contributed by atoms with Crippen LogP contribution in [0.1, 0.15) is 38.3 Å². The number of ether oxygens (including phenoxy) is 1. The van der Waals surface area contributed by atoms with Gasteiger partial charge in [0.15, 0.2) is 0 Å². The van der Waals surface area contributed by atoms with Crippen molar-refractivity contribution in [3.05, 3.63) is 64.6 Å². The summed E-state index contributed by atoms with van der Waals surface area (Å²) in [5.41, 5.74) is 3.11. The molecule has 6 heteroatoms. The van der Waals surface area contributed by atoms with Crippen LogP contribution in [0, 0.1) is 0 Å². The number of hydrogen-bond donors (Lipinski definition) is 1. The first kappa shape index (κ1) is 23.2. The second kappa shape index (κ2) is 11.3. The van der Waals surface area contributed by atoms with Crippen LogP contribution in [0.15, 0.2) is 53.5 Å². The second-order valence-corrected chi connectivity index (χ2v) is 9.01. The van der Waals surface area contributed by atoms with Gasteiger partial charge in [0, 0.05) is 19.2 Å². The number of nitrogens with zero attached hydrogens (tertiary/aromatic N) is 1. The van der Waals surface area contributed by atoms with E-state index in [1.165, 1.54) is 17.3 Å². The monoisotopic (exact) mass is 439 g/mol. The van der Waals surface area contributed by atoms with E-state index in [9.17, 15) is 9.59 Å². The van der Waals surface area contributed by atoms with Crippen molar-refractivity contribution in [1.82, 2.24) is 5.32 Å². The molecule has 2 amide bonds. The molecule has 1 heterocycles.